The van der Waals surface area contributed by atoms with Crippen molar-refractivity contribution in [3.8, 4) is 0 Å². The van der Waals surface area contributed by atoms with E-state index >= 15 is 0 Å². The van der Waals surface area contributed by atoms with Crippen LogP contribution in [0.2, 0.25) is 0 Å². The third kappa shape index (κ3) is 2.10. The molecule has 1 saturated carbocycles. The third-order valence-corrected chi connectivity index (χ3v) is 8.27. The topological polar surface area (TPSA) is 63.6 Å². The van der Waals surface area contributed by atoms with Crippen LogP contribution in [-0.4, -0.2) is 23.0 Å². The Kier molecular flexibility index (Phi) is 3.91. The van der Waals surface area contributed by atoms with Crippen molar-refractivity contribution < 1.29 is 13.2 Å². The van der Waals surface area contributed by atoms with Crippen LogP contribution in [0.3, 0.4) is 0 Å². The van der Waals surface area contributed by atoms with Gasteiger partial charge in [0.15, 0.2) is 3.66 Å². The van der Waals surface area contributed by atoms with E-state index in [1.165, 1.54) is 0 Å². The van der Waals surface area contributed by atoms with Crippen LogP contribution in [0.15, 0.2) is 4.40 Å². The second-order valence-corrected chi connectivity index (χ2v) is 8.06. The average Bonchev–Trinajstić information content (AvgIpc) is 2.10. The smallest absolute Gasteiger partial charge is 0.210 e. The van der Waals surface area contributed by atoms with E-state index < -0.39 is 13.7 Å². The molecule has 4 nitrogen and oxygen atoms in total. The van der Waals surface area contributed by atoms with E-state index in [9.17, 15) is 13.2 Å². The standard InChI is InChI=1S/C7H9Br2NO3S/c8-6-3-1-2-4-7(6,9)14(12,13)10-5-11/h6H,1-4H2. The maximum absolute atomic E-state index is 11.6. The number of carbonyl (C=O) groups excluding carboxylic acids is 1. The van der Waals surface area contributed by atoms with Gasteiger partial charge < -0.3 is 0 Å². The van der Waals surface area contributed by atoms with Crippen LogP contribution in [-0.2, 0) is 14.8 Å². The highest BCUT2D eigenvalue weighted by Gasteiger charge is 2.48. The first-order valence-electron chi connectivity index (χ1n) is 4.11. The molecule has 1 rings (SSSR count). The molecule has 0 saturated heterocycles. The SMILES string of the molecule is O=C=NS(=O)(=O)C1(Br)CCCCC1Br. The number of nitrogens with zero attached hydrogens (tertiary/aromatic N) is 1. The lowest BCUT2D eigenvalue weighted by atomic mass is 10.00. The van der Waals surface area contributed by atoms with E-state index in [4.69, 9.17) is 0 Å². The largest absolute Gasteiger partial charge is 0.280 e. The first kappa shape index (κ1) is 12.4. The zero-order valence-corrected chi connectivity index (χ0v) is 11.2. The van der Waals surface area contributed by atoms with Gasteiger partial charge in [-0.3, -0.25) is 0 Å². The molecule has 0 aromatic heterocycles. The zero-order valence-electron chi connectivity index (χ0n) is 7.24. The summed E-state index contributed by atoms with van der Waals surface area (Å²) in [5.74, 6) is 0. The van der Waals surface area contributed by atoms with Crippen LogP contribution in [0.4, 0.5) is 0 Å². The molecule has 2 atom stereocenters. The van der Waals surface area contributed by atoms with Gasteiger partial charge in [-0.05, 0) is 12.8 Å². The van der Waals surface area contributed by atoms with Gasteiger partial charge in [-0.1, -0.05) is 49.1 Å². The molecule has 1 aliphatic carbocycles. The molecule has 0 aromatic carbocycles. The monoisotopic (exact) mass is 345 g/mol. The van der Waals surface area contributed by atoms with Crippen LogP contribution in [0.1, 0.15) is 25.7 Å². The zero-order chi connectivity index (χ0) is 10.8. The lowest BCUT2D eigenvalue weighted by molar-refractivity contribution is 0.480. The number of isocyanates is 1. The van der Waals surface area contributed by atoms with E-state index in [1.807, 2.05) is 0 Å². The molecular formula is C7H9Br2NO3S. The van der Waals surface area contributed by atoms with Crippen LogP contribution in [0.5, 0.6) is 0 Å². The fourth-order valence-corrected chi connectivity index (χ4v) is 4.56. The summed E-state index contributed by atoms with van der Waals surface area (Å²) in [5.41, 5.74) is 0. The Morgan fingerprint density at radius 3 is 2.57 bits per heavy atom. The molecular weight excluding hydrogens is 338 g/mol. The summed E-state index contributed by atoms with van der Waals surface area (Å²) in [7, 11) is -3.81. The Balaban J connectivity index is 3.09. The number of halogens is 2. The van der Waals surface area contributed by atoms with Gasteiger partial charge in [-0.2, -0.15) is 0 Å². The second kappa shape index (κ2) is 4.43. The molecule has 1 fully saturated rings. The summed E-state index contributed by atoms with van der Waals surface area (Å²) in [6.45, 7) is 0. The Labute approximate surface area is 99.5 Å². The molecule has 0 heterocycles. The van der Waals surface area contributed by atoms with Gasteiger partial charge in [0.2, 0.25) is 0 Å². The Bertz CT molecular complexity index is 363. The average molecular weight is 347 g/mol. The molecule has 0 spiro atoms. The maximum Gasteiger partial charge on any atom is 0.280 e. The van der Waals surface area contributed by atoms with Crippen molar-refractivity contribution >= 4 is 48.0 Å². The van der Waals surface area contributed by atoms with Crippen molar-refractivity contribution in [2.45, 2.75) is 34.2 Å². The number of alkyl halides is 2. The van der Waals surface area contributed by atoms with Crippen molar-refractivity contribution in [1.82, 2.24) is 0 Å². The lowest BCUT2D eigenvalue weighted by Gasteiger charge is -2.33. The van der Waals surface area contributed by atoms with Crippen molar-refractivity contribution in [3.63, 3.8) is 0 Å². The van der Waals surface area contributed by atoms with Crippen LogP contribution < -0.4 is 0 Å². The Morgan fingerprint density at radius 1 is 1.43 bits per heavy atom. The van der Waals surface area contributed by atoms with Gasteiger partial charge in [-0.25, -0.2) is 13.2 Å². The summed E-state index contributed by atoms with van der Waals surface area (Å²) in [5, 5.41) is 0. The van der Waals surface area contributed by atoms with E-state index in [-0.39, 0.29) is 4.83 Å². The molecule has 0 amide bonds. The maximum atomic E-state index is 11.6. The number of hydrogen-bond donors (Lipinski definition) is 0. The molecule has 2 unspecified atom stereocenters. The molecule has 7 heteroatoms. The van der Waals surface area contributed by atoms with E-state index in [0.29, 0.717) is 6.42 Å². The van der Waals surface area contributed by atoms with Crippen molar-refractivity contribution in [2.75, 3.05) is 0 Å². The minimum atomic E-state index is -3.81. The predicted octanol–water partition coefficient (Wildman–Crippen LogP) is 2.08. The van der Waals surface area contributed by atoms with Crippen LogP contribution in [0.25, 0.3) is 0 Å². The quantitative estimate of drug-likeness (QED) is 0.437. The minimum absolute atomic E-state index is 0.217. The van der Waals surface area contributed by atoms with Gasteiger partial charge in [-0.15, -0.1) is 0 Å². The summed E-state index contributed by atoms with van der Waals surface area (Å²) in [4.78, 5) is 9.79. The van der Waals surface area contributed by atoms with E-state index in [1.54, 1.807) is 0 Å². The van der Waals surface area contributed by atoms with Gasteiger partial charge in [0.25, 0.3) is 16.1 Å². The summed E-state index contributed by atoms with van der Waals surface area (Å²) >= 11 is 6.48. The number of rotatable bonds is 2. The summed E-state index contributed by atoms with van der Waals surface area (Å²) < 4.78 is 25.0. The first-order chi connectivity index (χ1) is 6.44. The van der Waals surface area contributed by atoms with Gasteiger partial charge in [0.1, 0.15) is 0 Å². The molecule has 0 bridgehead atoms. The van der Waals surface area contributed by atoms with Crippen molar-refractivity contribution in [3.05, 3.63) is 0 Å². The Hall–Kier alpha value is 0.290. The summed E-state index contributed by atoms with van der Waals surface area (Å²) in [6, 6.07) is 0. The number of hydrogen-bond acceptors (Lipinski definition) is 3. The highest BCUT2D eigenvalue weighted by Crippen LogP contribution is 2.45. The third-order valence-electron chi connectivity index (χ3n) is 2.28. The normalized spacial score (nSPS) is 33.4. The highest BCUT2D eigenvalue weighted by atomic mass is 79.9. The first-order valence-corrected chi connectivity index (χ1v) is 7.25. The lowest BCUT2D eigenvalue weighted by Crippen LogP contribution is -2.41. The molecule has 80 valence electrons. The molecule has 0 aliphatic heterocycles. The van der Waals surface area contributed by atoms with Crippen molar-refractivity contribution in [1.29, 1.82) is 0 Å². The molecule has 0 radical (unpaired) electrons. The summed E-state index contributed by atoms with van der Waals surface area (Å²) in [6.07, 6.45) is 4.07. The molecule has 1 aliphatic rings. The number of sulfonamides is 1. The fraction of sp³-hybridized carbons (Fsp3) is 0.857. The van der Waals surface area contributed by atoms with E-state index in [2.05, 4.69) is 36.3 Å². The van der Waals surface area contributed by atoms with E-state index in [0.717, 1.165) is 25.3 Å². The van der Waals surface area contributed by atoms with Gasteiger partial charge >= 0.3 is 0 Å². The Morgan fingerprint density at radius 2 is 2.07 bits per heavy atom. The molecule has 0 aromatic rings. The molecule has 14 heavy (non-hydrogen) atoms. The minimum Gasteiger partial charge on any atom is -0.210 e. The van der Waals surface area contributed by atoms with Crippen LogP contribution >= 0.6 is 31.9 Å². The van der Waals surface area contributed by atoms with Gasteiger partial charge in [0, 0.05) is 4.83 Å². The van der Waals surface area contributed by atoms with Crippen LogP contribution in [0, 0.1) is 0 Å². The molecule has 0 N–H and O–H groups in total. The predicted molar refractivity (Wildman–Crippen MR) is 59.9 cm³/mol. The second-order valence-electron chi connectivity index (χ2n) is 3.16. The highest BCUT2D eigenvalue weighted by molar-refractivity contribution is 9.13. The van der Waals surface area contributed by atoms with Gasteiger partial charge in [0.05, 0.1) is 0 Å². The fourth-order valence-electron chi connectivity index (χ4n) is 1.48. The van der Waals surface area contributed by atoms with Crippen molar-refractivity contribution in [2.24, 2.45) is 4.40 Å².